The molecule has 1 aliphatic rings. The topological polar surface area (TPSA) is 20.3 Å². The molecule has 0 saturated heterocycles. The predicted octanol–water partition coefficient (Wildman–Crippen LogP) is 2.68. The molecule has 1 unspecified atom stereocenters. The zero-order chi connectivity index (χ0) is 10.6. The lowest BCUT2D eigenvalue weighted by atomic mass is 10.1. The molecule has 1 fully saturated rings. The van der Waals surface area contributed by atoms with Crippen LogP contribution in [-0.2, 0) is 4.79 Å². The second-order valence-electron chi connectivity index (χ2n) is 4.38. The van der Waals surface area contributed by atoms with Gasteiger partial charge in [-0.15, -0.1) is 12.4 Å². The summed E-state index contributed by atoms with van der Waals surface area (Å²) >= 11 is 0. The standard InChI is InChI=1S/C12H21NO.ClH/c1-4-5-6-10-7-8-11(12(10)14)9-13(2)3;/h6,11H,4-5,7-9H2,1-3H3;1H/b10-6+;. The second kappa shape index (κ2) is 7.02. The second-order valence-corrected chi connectivity index (χ2v) is 4.38. The van der Waals surface area contributed by atoms with Crippen molar-refractivity contribution < 1.29 is 4.79 Å². The van der Waals surface area contributed by atoms with Gasteiger partial charge in [0.25, 0.3) is 0 Å². The first-order valence-corrected chi connectivity index (χ1v) is 5.53. The van der Waals surface area contributed by atoms with Gasteiger partial charge in [-0.05, 0) is 38.9 Å². The number of unbranched alkanes of at least 4 members (excludes halogenated alkanes) is 1. The zero-order valence-electron chi connectivity index (χ0n) is 9.95. The number of carbonyl (C=O) groups is 1. The van der Waals surface area contributed by atoms with Crippen molar-refractivity contribution in [2.75, 3.05) is 20.6 Å². The van der Waals surface area contributed by atoms with Crippen molar-refractivity contribution >= 4 is 18.2 Å². The van der Waals surface area contributed by atoms with Crippen LogP contribution in [0.2, 0.25) is 0 Å². The van der Waals surface area contributed by atoms with E-state index in [-0.39, 0.29) is 18.3 Å². The molecule has 1 rings (SSSR count). The lowest BCUT2D eigenvalue weighted by Gasteiger charge is -2.13. The highest BCUT2D eigenvalue weighted by atomic mass is 35.5. The molecule has 88 valence electrons. The van der Waals surface area contributed by atoms with Crippen LogP contribution in [0.5, 0.6) is 0 Å². The normalized spacial score (nSPS) is 23.6. The maximum absolute atomic E-state index is 11.9. The van der Waals surface area contributed by atoms with Gasteiger partial charge in [0.05, 0.1) is 0 Å². The summed E-state index contributed by atoms with van der Waals surface area (Å²) in [5.74, 6) is 0.653. The highest BCUT2D eigenvalue weighted by Crippen LogP contribution is 2.27. The van der Waals surface area contributed by atoms with Crippen LogP contribution in [-0.4, -0.2) is 31.3 Å². The minimum atomic E-state index is 0. The Kier molecular flexibility index (Phi) is 6.86. The van der Waals surface area contributed by atoms with E-state index < -0.39 is 0 Å². The van der Waals surface area contributed by atoms with Gasteiger partial charge in [0.2, 0.25) is 0 Å². The minimum Gasteiger partial charge on any atom is -0.309 e. The van der Waals surface area contributed by atoms with Crippen LogP contribution in [0.25, 0.3) is 0 Å². The molecule has 0 bridgehead atoms. The monoisotopic (exact) mass is 231 g/mol. The van der Waals surface area contributed by atoms with Crippen molar-refractivity contribution in [2.45, 2.75) is 32.6 Å². The fourth-order valence-electron chi connectivity index (χ4n) is 1.98. The minimum absolute atomic E-state index is 0. The molecule has 3 heteroatoms. The molecule has 1 aliphatic carbocycles. The molecule has 1 atom stereocenters. The lowest BCUT2D eigenvalue weighted by Crippen LogP contribution is -2.24. The van der Waals surface area contributed by atoms with Crippen LogP contribution in [0.4, 0.5) is 0 Å². The fraction of sp³-hybridized carbons (Fsp3) is 0.750. The summed E-state index contributed by atoms with van der Waals surface area (Å²) in [5.41, 5.74) is 1.08. The van der Waals surface area contributed by atoms with Gasteiger partial charge in [0, 0.05) is 12.5 Å². The van der Waals surface area contributed by atoms with E-state index in [9.17, 15) is 4.79 Å². The van der Waals surface area contributed by atoms with Crippen molar-refractivity contribution in [3.63, 3.8) is 0 Å². The fourth-order valence-corrected chi connectivity index (χ4v) is 1.98. The first kappa shape index (κ1) is 14.7. The Morgan fingerprint density at radius 3 is 2.67 bits per heavy atom. The molecule has 0 aromatic heterocycles. The molecule has 0 heterocycles. The number of hydrogen-bond donors (Lipinski definition) is 0. The van der Waals surface area contributed by atoms with Gasteiger partial charge in [0.1, 0.15) is 0 Å². The van der Waals surface area contributed by atoms with Crippen LogP contribution in [0, 0.1) is 5.92 Å². The van der Waals surface area contributed by atoms with E-state index in [1.54, 1.807) is 0 Å². The van der Waals surface area contributed by atoms with Crippen LogP contribution in [0.1, 0.15) is 32.6 Å². The molecule has 0 spiro atoms. The predicted molar refractivity (Wildman–Crippen MR) is 66.5 cm³/mol. The molecule has 2 nitrogen and oxygen atoms in total. The smallest absolute Gasteiger partial charge is 0.162 e. The third-order valence-electron chi connectivity index (χ3n) is 2.71. The number of carbonyl (C=O) groups excluding carboxylic acids is 1. The van der Waals surface area contributed by atoms with E-state index >= 15 is 0 Å². The van der Waals surface area contributed by atoms with Gasteiger partial charge in [-0.25, -0.2) is 0 Å². The first-order chi connectivity index (χ1) is 6.65. The summed E-state index contributed by atoms with van der Waals surface area (Å²) in [6, 6.07) is 0. The van der Waals surface area contributed by atoms with Gasteiger partial charge in [0.15, 0.2) is 5.78 Å². The van der Waals surface area contributed by atoms with Crippen LogP contribution in [0.3, 0.4) is 0 Å². The summed E-state index contributed by atoms with van der Waals surface area (Å²) < 4.78 is 0. The molecule has 0 N–H and O–H groups in total. The van der Waals surface area contributed by atoms with Crippen molar-refractivity contribution in [2.24, 2.45) is 5.92 Å². The summed E-state index contributed by atoms with van der Waals surface area (Å²) in [4.78, 5) is 14.0. The van der Waals surface area contributed by atoms with E-state index in [1.807, 2.05) is 14.1 Å². The van der Waals surface area contributed by atoms with Crippen molar-refractivity contribution in [1.29, 1.82) is 0 Å². The third kappa shape index (κ3) is 4.35. The molecule has 0 aliphatic heterocycles. The van der Waals surface area contributed by atoms with Crippen molar-refractivity contribution in [3.8, 4) is 0 Å². The van der Waals surface area contributed by atoms with Gasteiger partial charge in [-0.3, -0.25) is 4.79 Å². The molecule has 0 aromatic rings. The zero-order valence-corrected chi connectivity index (χ0v) is 10.8. The van der Waals surface area contributed by atoms with E-state index in [2.05, 4.69) is 17.9 Å². The van der Waals surface area contributed by atoms with Gasteiger partial charge < -0.3 is 4.90 Å². The molecule has 0 amide bonds. The molecule has 1 saturated carbocycles. The van der Waals surface area contributed by atoms with Gasteiger partial charge in [-0.2, -0.15) is 0 Å². The summed E-state index contributed by atoms with van der Waals surface area (Å²) in [7, 11) is 4.06. The number of allylic oxidation sites excluding steroid dienone is 2. The number of ketones is 1. The molecule has 15 heavy (non-hydrogen) atoms. The van der Waals surface area contributed by atoms with Gasteiger partial charge >= 0.3 is 0 Å². The first-order valence-electron chi connectivity index (χ1n) is 5.53. The number of hydrogen-bond acceptors (Lipinski definition) is 2. The third-order valence-corrected chi connectivity index (χ3v) is 2.71. The van der Waals surface area contributed by atoms with E-state index in [0.29, 0.717) is 5.78 Å². The maximum Gasteiger partial charge on any atom is 0.162 e. The summed E-state index contributed by atoms with van der Waals surface area (Å²) in [6.45, 7) is 3.05. The Morgan fingerprint density at radius 1 is 1.47 bits per heavy atom. The highest BCUT2D eigenvalue weighted by molar-refractivity contribution is 5.99. The Balaban J connectivity index is 0.00000196. The van der Waals surface area contributed by atoms with E-state index in [1.165, 1.54) is 0 Å². The number of nitrogens with zero attached hydrogens (tertiary/aromatic N) is 1. The summed E-state index contributed by atoms with van der Waals surface area (Å²) in [5, 5.41) is 0. The molecular weight excluding hydrogens is 210 g/mol. The summed E-state index contributed by atoms with van der Waals surface area (Å²) in [6.07, 6.45) is 6.37. The van der Waals surface area contributed by atoms with Crippen LogP contribution >= 0.6 is 12.4 Å². The highest BCUT2D eigenvalue weighted by Gasteiger charge is 2.28. The van der Waals surface area contributed by atoms with Crippen LogP contribution < -0.4 is 0 Å². The lowest BCUT2D eigenvalue weighted by molar-refractivity contribution is -0.118. The number of halogens is 1. The van der Waals surface area contributed by atoms with E-state index in [4.69, 9.17) is 0 Å². The Labute approximate surface area is 99.1 Å². The van der Waals surface area contributed by atoms with Crippen LogP contribution in [0.15, 0.2) is 11.6 Å². The molecule has 0 radical (unpaired) electrons. The Bertz CT molecular complexity index is 236. The number of Topliss-reactive ketones (excluding diaryl/α,β-unsaturated/α-hetero) is 1. The maximum atomic E-state index is 11.9. The molecule has 0 aromatic carbocycles. The van der Waals surface area contributed by atoms with Gasteiger partial charge in [-0.1, -0.05) is 19.4 Å². The van der Waals surface area contributed by atoms with Crippen molar-refractivity contribution in [1.82, 2.24) is 4.90 Å². The average molecular weight is 232 g/mol. The van der Waals surface area contributed by atoms with E-state index in [0.717, 1.165) is 37.8 Å². The van der Waals surface area contributed by atoms with Crippen molar-refractivity contribution in [3.05, 3.63) is 11.6 Å². The molecular formula is C12H22ClNO. The largest absolute Gasteiger partial charge is 0.309 e. The quantitative estimate of drug-likeness (QED) is 0.694. The SMILES string of the molecule is CCC/C=C1\CCC(CN(C)C)C1=O.Cl. The number of rotatable bonds is 4. The Morgan fingerprint density at radius 2 is 2.13 bits per heavy atom. The average Bonchev–Trinajstić information content (AvgIpc) is 2.45. The Hall–Kier alpha value is -0.340.